The highest BCUT2D eigenvalue weighted by atomic mass is 32.2. The van der Waals surface area contributed by atoms with Gasteiger partial charge in [-0.25, -0.2) is 8.42 Å². The molecule has 0 saturated carbocycles. The van der Waals surface area contributed by atoms with Gasteiger partial charge in [0.25, 0.3) is 0 Å². The van der Waals surface area contributed by atoms with E-state index in [0.29, 0.717) is 36.8 Å². The van der Waals surface area contributed by atoms with Crippen LogP contribution in [0, 0.1) is 0 Å². The molecule has 0 aliphatic carbocycles. The molecule has 0 N–H and O–H groups in total. The molecule has 29 heavy (non-hydrogen) atoms. The van der Waals surface area contributed by atoms with Crippen molar-refractivity contribution in [3.8, 4) is 11.5 Å². The first-order chi connectivity index (χ1) is 14.0. The van der Waals surface area contributed by atoms with Crippen LogP contribution in [0.15, 0.2) is 53.4 Å². The molecule has 3 rings (SSSR count). The molecule has 1 aliphatic rings. The number of benzene rings is 2. The molecule has 0 atom stereocenters. The normalized spacial score (nSPS) is 15.0. The Morgan fingerprint density at radius 3 is 2.38 bits per heavy atom. The molecule has 0 bridgehead atoms. The molecule has 1 aliphatic heterocycles. The van der Waals surface area contributed by atoms with E-state index in [-0.39, 0.29) is 10.7 Å². The third kappa shape index (κ3) is 4.86. The number of hydrogen-bond acceptors (Lipinski definition) is 5. The van der Waals surface area contributed by atoms with Gasteiger partial charge in [-0.15, -0.1) is 0 Å². The van der Waals surface area contributed by atoms with Gasteiger partial charge in [0.15, 0.2) is 17.3 Å². The zero-order valence-electron chi connectivity index (χ0n) is 16.6. The minimum Gasteiger partial charge on any atom is -0.493 e. The van der Waals surface area contributed by atoms with Crippen molar-refractivity contribution in [3.05, 3.63) is 59.7 Å². The fourth-order valence-electron chi connectivity index (χ4n) is 3.20. The Labute approximate surface area is 171 Å². The molecule has 6 nitrogen and oxygen atoms in total. The minimum atomic E-state index is -3.48. The van der Waals surface area contributed by atoms with Crippen LogP contribution < -0.4 is 9.47 Å². The van der Waals surface area contributed by atoms with Crippen molar-refractivity contribution < 1.29 is 22.7 Å². The number of methoxy groups -OCH3 is 1. The molecule has 1 saturated heterocycles. The predicted octanol–water partition coefficient (Wildman–Crippen LogP) is 3.77. The highest BCUT2D eigenvalue weighted by Gasteiger charge is 2.27. The standard InChI is InChI=1S/C22H25NO5S/c1-3-28-22-16-17(7-13-21(22)27-2)6-12-20(24)18-8-10-19(11-9-18)29(25,26)23-14-4-5-15-23/h6-13,16H,3-5,14-15H2,1-2H3. The molecule has 2 aromatic rings. The zero-order chi connectivity index (χ0) is 20.9. The summed E-state index contributed by atoms with van der Waals surface area (Å²) in [6.45, 7) is 3.50. The molecule has 0 spiro atoms. The lowest BCUT2D eigenvalue weighted by atomic mass is 10.1. The highest BCUT2D eigenvalue weighted by Crippen LogP contribution is 2.28. The first-order valence-electron chi connectivity index (χ1n) is 9.59. The number of allylic oxidation sites excluding steroid dienone is 1. The second kappa shape index (κ2) is 9.24. The fraction of sp³-hybridized carbons (Fsp3) is 0.318. The first kappa shape index (κ1) is 21.1. The number of rotatable bonds is 8. The van der Waals surface area contributed by atoms with Gasteiger partial charge < -0.3 is 9.47 Å². The van der Waals surface area contributed by atoms with Crippen molar-refractivity contribution in [2.75, 3.05) is 26.8 Å². The predicted molar refractivity (Wildman–Crippen MR) is 112 cm³/mol. The van der Waals surface area contributed by atoms with E-state index >= 15 is 0 Å². The number of hydrogen-bond donors (Lipinski definition) is 0. The van der Waals surface area contributed by atoms with E-state index in [1.54, 1.807) is 37.5 Å². The monoisotopic (exact) mass is 415 g/mol. The summed E-state index contributed by atoms with van der Waals surface area (Å²) in [6, 6.07) is 11.5. The SMILES string of the molecule is CCOc1cc(C=CC(=O)c2ccc(S(=O)(=O)N3CCCC3)cc2)ccc1OC. The first-order valence-corrected chi connectivity index (χ1v) is 11.0. The van der Waals surface area contributed by atoms with Crippen molar-refractivity contribution in [1.82, 2.24) is 4.31 Å². The third-order valence-electron chi connectivity index (χ3n) is 4.76. The highest BCUT2D eigenvalue weighted by molar-refractivity contribution is 7.89. The van der Waals surface area contributed by atoms with Gasteiger partial charge in [-0.2, -0.15) is 4.31 Å². The Hall–Kier alpha value is -2.64. The second-order valence-electron chi connectivity index (χ2n) is 6.68. The summed E-state index contributed by atoms with van der Waals surface area (Å²) in [6.07, 6.45) is 4.93. The molecule has 7 heteroatoms. The largest absolute Gasteiger partial charge is 0.493 e. The Bertz CT molecular complexity index is 990. The average Bonchev–Trinajstić information content (AvgIpc) is 3.28. The maximum absolute atomic E-state index is 12.6. The van der Waals surface area contributed by atoms with Gasteiger partial charge in [-0.05, 0) is 67.8 Å². The summed E-state index contributed by atoms with van der Waals surface area (Å²) in [5.74, 6) is 1.04. The third-order valence-corrected chi connectivity index (χ3v) is 6.67. The van der Waals surface area contributed by atoms with Crippen LogP contribution in [0.5, 0.6) is 11.5 Å². The van der Waals surface area contributed by atoms with Crippen LogP contribution in [-0.4, -0.2) is 45.3 Å². The van der Waals surface area contributed by atoms with Crippen molar-refractivity contribution in [2.24, 2.45) is 0 Å². The zero-order valence-corrected chi connectivity index (χ0v) is 17.4. The Morgan fingerprint density at radius 1 is 1.07 bits per heavy atom. The van der Waals surface area contributed by atoms with Crippen LogP contribution in [0.4, 0.5) is 0 Å². The number of carbonyl (C=O) groups is 1. The van der Waals surface area contributed by atoms with E-state index in [1.165, 1.54) is 22.5 Å². The van der Waals surface area contributed by atoms with Crippen molar-refractivity contribution in [3.63, 3.8) is 0 Å². The quantitative estimate of drug-likeness (QED) is 0.485. The Morgan fingerprint density at radius 2 is 1.76 bits per heavy atom. The minimum absolute atomic E-state index is 0.205. The second-order valence-corrected chi connectivity index (χ2v) is 8.61. The van der Waals surface area contributed by atoms with Crippen LogP contribution in [0.25, 0.3) is 6.08 Å². The van der Waals surface area contributed by atoms with E-state index < -0.39 is 10.0 Å². The van der Waals surface area contributed by atoms with Gasteiger partial charge in [0.1, 0.15) is 0 Å². The fourth-order valence-corrected chi connectivity index (χ4v) is 4.72. The van der Waals surface area contributed by atoms with E-state index in [2.05, 4.69) is 0 Å². The van der Waals surface area contributed by atoms with Gasteiger partial charge in [-0.1, -0.05) is 12.1 Å². The van der Waals surface area contributed by atoms with Crippen LogP contribution in [0.1, 0.15) is 35.7 Å². The maximum atomic E-state index is 12.6. The number of nitrogens with zero attached hydrogens (tertiary/aromatic N) is 1. The Balaban J connectivity index is 1.73. The van der Waals surface area contributed by atoms with E-state index in [0.717, 1.165) is 18.4 Å². The lowest BCUT2D eigenvalue weighted by Gasteiger charge is -2.15. The molecule has 0 aromatic heterocycles. The van der Waals surface area contributed by atoms with E-state index in [9.17, 15) is 13.2 Å². The number of ketones is 1. The number of carbonyl (C=O) groups excluding carboxylic acids is 1. The lowest BCUT2D eigenvalue weighted by molar-refractivity contribution is 0.104. The summed E-state index contributed by atoms with van der Waals surface area (Å²) in [5.41, 5.74) is 1.23. The summed E-state index contributed by atoms with van der Waals surface area (Å²) >= 11 is 0. The van der Waals surface area contributed by atoms with Crippen LogP contribution in [-0.2, 0) is 10.0 Å². The van der Waals surface area contributed by atoms with Gasteiger partial charge in [0.2, 0.25) is 10.0 Å². The molecule has 1 heterocycles. The summed E-state index contributed by atoms with van der Waals surface area (Å²) in [5, 5.41) is 0. The van der Waals surface area contributed by atoms with Crippen molar-refractivity contribution in [2.45, 2.75) is 24.7 Å². The molecule has 0 unspecified atom stereocenters. The number of sulfonamides is 1. The van der Waals surface area contributed by atoms with Crippen LogP contribution in [0.3, 0.4) is 0 Å². The van der Waals surface area contributed by atoms with Crippen molar-refractivity contribution >= 4 is 21.9 Å². The smallest absolute Gasteiger partial charge is 0.243 e. The Kier molecular flexibility index (Phi) is 6.71. The summed E-state index contributed by atoms with van der Waals surface area (Å²) < 4.78 is 37.4. The van der Waals surface area contributed by atoms with Gasteiger partial charge in [-0.3, -0.25) is 4.79 Å². The molecule has 0 amide bonds. The van der Waals surface area contributed by atoms with Crippen molar-refractivity contribution in [1.29, 1.82) is 0 Å². The van der Waals surface area contributed by atoms with Crippen LogP contribution in [0.2, 0.25) is 0 Å². The van der Waals surface area contributed by atoms with Crippen LogP contribution >= 0.6 is 0 Å². The molecule has 2 aromatic carbocycles. The topological polar surface area (TPSA) is 72.9 Å². The molecular weight excluding hydrogens is 390 g/mol. The average molecular weight is 416 g/mol. The van der Waals surface area contributed by atoms with Gasteiger partial charge in [0, 0.05) is 18.7 Å². The maximum Gasteiger partial charge on any atom is 0.243 e. The summed E-state index contributed by atoms with van der Waals surface area (Å²) in [7, 11) is -1.90. The van der Waals surface area contributed by atoms with E-state index in [1.807, 2.05) is 13.0 Å². The molecular formula is C22H25NO5S. The van der Waals surface area contributed by atoms with E-state index in [4.69, 9.17) is 9.47 Å². The lowest BCUT2D eigenvalue weighted by Crippen LogP contribution is -2.27. The van der Waals surface area contributed by atoms with Gasteiger partial charge in [0.05, 0.1) is 18.6 Å². The molecule has 0 radical (unpaired) electrons. The molecule has 154 valence electrons. The summed E-state index contributed by atoms with van der Waals surface area (Å²) in [4.78, 5) is 12.7. The number of ether oxygens (including phenoxy) is 2. The van der Waals surface area contributed by atoms with Gasteiger partial charge >= 0.3 is 0 Å². The molecule has 1 fully saturated rings.